The Bertz CT molecular complexity index is 775. The van der Waals surface area contributed by atoms with Crippen LogP contribution in [0, 0.1) is 11.6 Å². The van der Waals surface area contributed by atoms with E-state index in [-0.39, 0.29) is 17.7 Å². The van der Waals surface area contributed by atoms with E-state index in [1.807, 2.05) is 0 Å². The van der Waals surface area contributed by atoms with Crippen LogP contribution in [0.3, 0.4) is 0 Å². The molecular formula is C23H28F2O4. The zero-order valence-electron chi connectivity index (χ0n) is 17.0. The number of hydrogen-bond donors (Lipinski definition) is 0. The molecular weight excluding hydrogens is 378 g/mol. The van der Waals surface area contributed by atoms with Crippen LogP contribution in [0.4, 0.5) is 8.78 Å². The first-order chi connectivity index (χ1) is 14.1. The molecule has 0 aliphatic rings. The van der Waals surface area contributed by atoms with E-state index >= 15 is 0 Å². The van der Waals surface area contributed by atoms with Gasteiger partial charge in [-0.3, -0.25) is 0 Å². The van der Waals surface area contributed by atoms with E-state index in [0.29, 0.717) is 12.4 Å². The number of hydrogen-bond acceptors (Lipinski definition) is 4. The summed E-state index contributed by atoms with van der Waals surface area (Å²) >= 11 is 0. The number of unbranched alkanes of at least 4 members (excludes halogenated alkanes) is 5. The summed E-state index contributed by atoms with van der Waals surface area (Å²) in [5, 5.41) is 0. The molecule has 0 heterocycles. The Hall–Kier alpha value is -2.47. The summed E-state index contributed by atoms with van der Waals surface area (Å²) in [7, 11) is 1.38. The molecule has 0 amide bonds. The summed E-state index contributed by atoms with van der Waals surface area (Å²) in [4.78, 5) is 12.2. The molecule has 0 radical (unpaired) electrons. The molecule has 2 aromatic rings. The predicted octanol–water partition coefficient (Wildman–Crippen LogP) is 6.07. The summed E-state index contributed by atoms with van der Waals surface area (Å²) in [5.74, 6) is -2.89. The average molecular weight is 406 g/mol. The smallest absolute Gasteiger partial charge is 0.343 e. The molecule has 0 bridgehead atoms. The van der Waals surface area contributed by atoms with Crippen molar-refractivity contribution in [3.05, 3.63) is 59.2 Å². The highest BCUT2D eigenvalue weighted by atomic mass is 19.2. The van der Waals surface area contributed by atoms with Gasteiger partial charge < -0.3 is 14.2 Å². The van der Waals surface area contributed by atoms with Gasteiger partial charge in [-0.25, -0.2) is 9.18 Å². The number of carbonyl (C=O) groups is 1. The second-order valence-corrected chi connectivity index (χ2v) is 6.81. The molecule has 0 atom stereocenters. The normalized spacial score (nSPS) is 10.8. The van der Waals surface area contributed by atoms with Crippen molar-refractivity contribution in [3.8, 4) is 11.5 Å². The highest BCUT2D eigenvalue weighted by Gasteiger charge is 2.18. The van der Waals surface area contributed by atoms with Gasteiger partial charge in [-0.15, -0.1) is 0 Å². The standard InChI is InChI=1S/C23H28F2O4/c1-3-4-5-6-7-8-15-28-19-12-9-17(10-13-19)23(26)29-20-14-11-18(16-27-2)21(24)22(20)25/h9-14H,3-8,15-16H2,1-2H3. The minimum Gasteiger partial charge on any atom is -0.494 e. The van der Waals surface area contributed by atoms with Crippen molar-refractivity contribution in [2.24, 2.45) is 0 Å². The molecule has 0 saturated heterocycles. The zero-order chi connectivity index (χ0) is 21.1. The largest absolute Gasteiger partial charge is 0.494 e. The van der Waals surface area contributed by atoms with Gasteiger partial charge >= 0.3 is 5.97 Å². The third-order valence-electron chi connectivity index (χ3n) is 4.49. The van der Waals surface area contributed by atoms with Crippen molar-refractivity contribution in [2.75, 3.05) is 13.7 Å². The Kier molecular flexibility index (Phi) is 9.57. The fourth-order valence-corrected chi connectivity index (χ4v) is 2.84. The van der Waals surface area contributed by atoms with E-state index in [0.717, 1.165) is 12.8 Å². The molecule has 6 heteroatoms. The topological polar surface area (TPSA) is 44.8 Å². The average Bonchev–Trinajstić information content (AvgIpc) is 2.73. The molecule has 29 heavy (non-hydrogen) atoms. The summed E-state index contributed by atoms with van der Waals surface area (Å²) in [6.07, 6.45) is 7.09. The van der Waals surface area contributed by atoms with E-state index in [2.05, 4.69) is 6.92 Å². The summed E-state index contributed by atoms with van der Waals surface area (Å²) in [5.41, 5.74) is 0.273. The van der Waals surface area contributed by atoms with Crippen LogP contribution in [0.5, 0.6) is 11.5 Å². The first-order valence-electron chi connectivity index (χ1n) is 9.97. The predicted molar refractivity (Wildman–Crippen MR) is 107 cm³/mol. The third-order valence-corrected chi connectivity index (χ3v) is 4.49. The fraction of sp³-hybridized carbons (Fsp3) is 0.435. The first-order valence-corrected chi connectivity index (χ1v) is 9.97. The lowest BCUT2D eigenvalue weighted by Gasteiger charge is -2.10. The molecule has 0 N–H and O–H groups in total. The van der Waals surface area contributed by atoms with Crippen LogP contribution in [0.2, 0.25) is 0 Å². The fourth-order valence-electron chi connectivity index (χ4n) is 2.84. The van der Waals surface area contributed by atoms with Crippen LogP contribution in [-0.4, -0.2) is 19.7 Å². The van der Waals surface area contributed by atoms with E-state index in [1.165, 1.54) is 57.1 Å². The second kappa shape index (κ2) is 12.2. The number of rotatable bonds is 12. The van der Waals surface area contributed by atoms with Crippen molar-refractivity contribution in [2.45, 2.75) is 52.1 Å². The van der Waals surface area contributed by atoms with Crippen molar-refractivity contribution in [1.82, 2.24) is 0 Å². The highest BCUT2D eigenvalue weighted by Crippen LogP contribution is 2.24. The molecule has 0 fully saturated rings. The molecule has 0 aromatic heterocycles. The second-order valence-electron chi connectivity index (χ2n) is 6.81. The highest BCUT2D eigenvalue weighted by molar-refractivity contribution is 5.91. The summed E-state index contributed by atoms with van der Waals surface area (Å²) in [6, 6.07) is 8.92. The lowest BCUT2D eigenvalue weighted by atomic mass is 10.1. The van der Waals surface area contributed by atoms with Crippen molar-refractivity contribution in [1.29, 1.82) is 0 Å². The molecule has 0 aliphatic heterocycles. The Morgan fingerprint density at radius 2 is 1.59 bits per heavy atom. The van der Waals surface area contributed by atoms with Crippen LogP contribution in [0.1, 0.15) is 61.4 Å². The maximum atomic E-state index is 14.1. The quantitative estimate of drug-likeness (QED) is 0.244. The van der Waals surface area contributed by atoms with Crippen LogP contribution < -0.4 is 9.47 Å². The first kappa shape index (κ1) is 22.8. The molecule has 2 aromatic carbocycles. The summed E-state index contributed by atoms with van der Waals surface area (Å²) < 4.78 is 43.4. The Morgan fingerprint density at radius 1 is 0.897 bits per heavy atom. The molecule has 4 nitrogen and oxygen atoms in total. The van der Waals surface area contributed by atoms with Crippen LogP contribution in [0.15, 0.2) is 36.4 Å². The van der Waals surface area contributed by atoms with Gasteiger partial charge in [0.15, 0.2) is 11.6 Å². The van der Waals surface area contributed by atoms with Gasteiger partial charge in [-0.2, -0.15) is 4.39 Å². The SMILES string of the molecule is CCCCCCCCOc1ccc(C(=O)Oc2ccc(COC)c(F)c2F)cc1. The van der Waals surface area contributed by atoms with E-state index in [4.69, 9.17) is 14.2 Å². The van der Waals surface area contributed by atoms with E-state index in [1.54, 1.807) is 12.1 Å². The number of benzene rings is 2. The lowest BCUT2D eigenvalue weighted by Crippen LogP contribution is -2.11. The van der Waals surface area contributed by atoms with Gasteiger partial charge in [0.2, 0.25) is 5.82 Å². The molecule has 0 saturated carbocycles. The van der Waals surface area contributed by atoms with Gasteiger partial charge in [0, 0.05) is 12.7 Å². The van der Waals surface area contributed by atoms with Gasteiger partial charge in [-0.05, 0) is 42.8 Å². The van der Waals surface area contributed by atoms with Gasteiger partial charge in [0.25, 0.3) is 0 Å². The number of esters is 1. The molecule has 2 rings (SSSR count). The minimum atomic E-state index is -1.22. The minimum absolute atomic E-state index is 0.0525. The Balaban J connectivity index is 1.85. The lowest BCUT2D eigenvalue weighted by molar-refractivity contribution is 0.0726. The molecule has 0 aliphatic carbocycles. The van der Waals surface area contributed by atoms with Crippen molar-refractivity contribution >= 4 is 5.97 Å². The van der Waals surface area contributed by atoms with E-state index in [9.17, 15) is 13.6 Å². The number of ether oxygens (including phenoxy) is 3. The number of carbonyl (C=O) groups excluding carboxylic acids is 1. The summed E-state index contributed by atoms with van der Waals surface area (Å²) in [6.45, 7) is 2.74. The van der Waals surface area contributed by atoms with Crippen LogP contribution >= 0.6 is 0 Å². The Labute approximate surface area is 170 Å². The van der Waals surface area contributed by atoms with Crippen molar-refractivity contribution < 1.29 is 27.8 Å². The van der Waals surface area contributed by atoms with Crippen molar-refractivity contribution in [3.63, 3.8) is 0 Å². The molecule has 0 spiro atoms. The van der Waals surface area contributed by atoms with Gasteiger partial charge in [-0.1, -0.05) is 39.0 Å². The molecule has 0 unspecified atom stereocenters. The maximum absolute atomic E-state index is 14.1. The third kappa shape index (κ3) is 7.13. The Morgan fingerprint density at radius 3 is 2.28 bits per heavy atom. The van der Waals surface area contributed by atoms with Crippen LogP contribution in [0.25, 0.3) is 0 Å². The molecule has 158 valence electrons. The van der Waals surface area contributed by atoms with Gasteiger partial charge in [0.05, 0.1) is 18.8 Å². The maximum Gasteiger partial charge on any atom is 0.343 e. The zero-order valence-corrected chi connectivity index (χ0v) is 17.0. The van der Waals surface area contributed by atoms with Gasteiger partial charge in [0.1, 0.15) is 5.75 Å². The number of halogens is 2. The van der Waals surface area contributed by atoms with Crippen LogP contribution in [-0.2, 0) is 11.3 Å². The monoisotopic (exact) mass is 406 g/mol. The van der Waals surface area contributed by atoms with E-state index < -0.39 is 23.4 Å². The number of methoxy groups -OCH3 is 1.